The Morgan fingerprint density at radius 1 is 1.41 bits per heavy atom. The molecule has 96 valence electrons. The van der Waals surface area contributed by atoms with Crippen molar-refractivity contribution < 1.29 is 0 Å². The third-order valence-corrected chi connectivity index (χ3v) is 4.69. The number of nitrogens with zero attached hydrogens (tertiary/aromatic N) is 3. The summed E-state index contributed by atoms with van der Waals surface area (Å²) in [6, 6.07) is 1.17. The van der Waals surface area contributed by atoms with Crippen LogP contribution in [0.25, 0.3) is 0 Å². The summed E-state index contributed by atoms with van der Waals surface area (Å²) < 4.78 is 0. The van der Waals surface area contributed by atoms with Crippen LogP contribution >= 0.6 is 11.3 Å². The summed E-state index contributed by atoms with van der Waals surface area (Å²) in [6.45, 7) is 7.86. The van der Waals surface area contributed by atoms with E-state index in [9.17, 15) is 0 Å². The molecule has 0 spiro atoms. The monoisotopic (exact) mass is 254 g/mol. The maximum absolute atomic E-state index is 4.20. The van der Waals surface area contributed by atoms with Gasteiger partial charge in [0, 0.05) is 18.6 Å². The molecular weight excluding hydrogens is 232 g/mol. The molecule has 3 atom stereocenters. The van der Waals surface area contributed by atoms with Crippen LogP contribution in [-0.2, 0) is 6.42 Å². The van der Waals surface area contributed by atoms with Gasteiger partial charge in [-0.15, -0.1) is 10.2 Å². The van der Waals surface area contributed by atoms with Crippen molar-refractivity contribution in [3.05, 3.63) is 5.01 Å². The van der Waals surface area contributed by atoms with Gasteiger partial charge in [0.15, 0.2) is 0 Å². The quantitative estimate of drug-likeness (QED) is 0.898. The van der Waals surface area contributed by atoms with Gasteiger partial charge in [-0.3, -0.25) is 0 Å². The van der Waals surface area contributed by atoms with Crippen LogP contribution in [0.1, 0.15) is 32.2 Å². The molecule has 0 saturated carbocycles. The molecule has 0 amide bonds. The fourth-order valence-corrected chi connectivity index (χ4v) is 3.10. The first-order valence-corrected chi connectivity index (χ1v) is 7.21. The lowest BCUT2D eigenvalue weighted by Crippen LogP contribution is -2.48. The van der Waals surface area contributed by atoms with Gasteiger partial charge in [0.1, 0.15) is 5.01 Å². The van der Waals surface area contributed by atoms with Gasteiger partial charge in [-0.05, 0) is 32.7 Å². The molecule has 2 heterocycles. The van der Waals surface area contributed by atoms with Crippen molar-refractivity contribution in [2.45, 2.75) is 45.7 Å². The van der Waals surface area contributed by atoms with Crippen molar-refractivity contribution >= 4 is 16.5 Å². The van der Waals surface area contributed by atoms with Gasteiger partial charge in [0.25, 0.3) is 0 Å². The molecule has 4 nitrogen and oxygen atoms in total. The highest BCUT2D eigenvalue weighted by molar-refractivity contribution is 7.15. The van der Waals surface area contributed by atoms with Gasteiger partial charge in [-0.25, -0.2) is 0 Å². The number of aryl methyl sites for hydroxylation is 1. The predicted octanol–water partition coefficient (Wildman–Crippen LogP) is 2.24. The van der Waals surface area contributed by atoms with Gasteiger partial charge in [0.05, 0.1) is 0 Å². The lowest BCUT2D eigenvalue weighted by Gasteiger charge is -2.39. The van der Waals surface area contributed by atoms with Gasteiger partial charge >= 0.3 is 0 Å². The van der Waals surface area contributed by atoms with Crippen LogP contribution in [0.5, 0.6) is 0 Å². The summed E-state index contributed by atoms with van der Waals surface area (Å²) in [5.74, 6) is 0.658. The van der Waals surface area contributed by atoms with Crippen molar-refractivity contribution in [2.24, 2.45) is 5.92 Å². The number of hydrogen-bond donors (Lipinski definition) is 1. The highest BCUT2D eigenvalue weighted by Crippen LogP contribution is 2.25. The normalized spacial score (nSPS) is 30.5. The molecule has 1 aliphatic rings. The number of nitrogens with one attached hydrogen (secondary N) is 1. The van der Waals surface area contributed by atoms with E-state index >= 15 is 0 Å². The lowest BCUT2D eigenvalue weighted by atomic mass is 9.90. The van der Waals surface area contributed by atoms with Crippen LogP contribution in [0.4, 0.5) is 5.13 Å². The average Bonchev–Trinajstić information content (AvgIpc) is 2.73. The van der Waals surface area contributed by atoms with E-state index in [1.807, 2.05) is 0 Å². The minimum atomic E-state index is 0.527. The standard InChI is InChI=1S/C12H22N4S/c1-5-11-14-15-12(17-11)13-10-6-9(3)16(4)7-8(10)2/h8-10H,5-7H2,1-4H3,(H,13,15). The fraction of sp³-hybridized carbons (Fsp3) is 0.833. The second-order valence-corrected chi connectivity index (χ2v) is 6.17. The minimum Gasteiger partial charge on any atom is -0.357 e. The Morgan fingerprint density at radius 2 is 2.18 bits per heavy atom. The van der Waals surface area contributed by atoms with E-state index in [0.29, 0.717) is 18.0 Å². The van der Waals surface area contributed by atoms with Crippen molar-refractivity contribution in [1.82, 2.24) is 15.1 Å². The second kappa shape index (κ2) is 5.31. The summed E-state index contributed by atoms with van der Waals surface area (Å²) >= 11 is 1.68. The summed E-state index contributed by atoms with van der Waals surface area (Å²) in [5, 5.41) is 14.0. The molecule has 1 aliphatic heterocycles. The topological polar surface area (TPSA) is 41.1 Å². The number of likely N-dealkylation sites (tertiary alicyclic amines) is 1. The number of rotatable bonds is 3. The molecule has 0 bridgehead atoms. The van der Waals surface area contributed by atoms with E-state index in [-0.39, 0.29) is 0 Å². The first kappa shape index (κ1) is 12.8. The summed E-state index contributed by atoms with van der Waals surface area (Å²) in [4.78, 5) is 2.43. The van der Waals surface area contributed by atoms with Crippen molar-refractivity contribution in [2.75, 3.05) is 18.9 Å². The zero-order chi connectivity index (χ0) is 12.4. The fourth-order valence-electron chi connectivity index (χ4n) is 2.36. The van der Waals surface area contributed by atoms with E-state index in [1.165, 1.54) is 6.42 Å². The maximum Gasteiger partial charge on any atom is 0.205 e. The Kier molecular flexibility index (Phi) is 3.99. The molecule has 5 heteroatoms. The Hall–Kier alpha value is -0.680. The molecule has 1 aromatic heterocycles. The Morgan fingerprint density at radius 3 is 2.82 bits per heavy atom. The van der Waals surface area contributed by atoms with Crippen LogP contribution in [0.15, 0.2) is 0 Å². The van der Waals surface area contributed by atoms with Crippen LogP contribution in [-0.4, -0.2) is 40.8 Å². The highest BCUT2D eigenvalue weighted by atomic mass is 32.1. The van der Waals surface area contributed by atoms with E-state index in [1.54, 1.807) is 11.3 Å². The van der Waals surface area contributed by atoms with Crippen LogP contribution in [0.3, 0.4) is 0 Å². The number of aromatic nitrogens is 2. The number of piperidine rings is 1. The first-order chi connectivity index (χ1) is 8.10. The molecule has 1 fully saturated rings. The van der Waals surface area contributed by atoms with Crippen LogP contribution in [0.2, 0.25) is 0 Å². The van der Waals surface area contributed by atoms with Crippen LogP contribution < -0.4 is 5.32 Å². The molecule has 1 N–H and O–H groups in total. The van der Waals surface area contributed by atoms with Crippen molar-refractivity contribution in [1.29, 1.82) is 0 Å². The summed E-state index contributed by atoms with van der Waals surface area (Å²) in [5.41, 5.74) is 0. The predicted molar refractivity (Wildman–Crippen MR) is 72.6 cm³/mol. The summed E-state index contributed by atoms with van der Waals surface area (Å²) in [6.07, 6.45) is 2.15. The van der Waals surface area contributed by atoms with E-state index in [0.717, 1.165) is 23.1 Å². The van der Waals surface area contributed by atoms with Gasteiger partial charge in [-0.2, -0.15) is 0 Å². The zero-order valence-electron chi connectivity index (χ0n) is 11.1. The molecule has 3 unspecified atom stereocenters. The molecule has 1 aromatic rings. The molecule has 2 rings (SSSR count). The molecule has 0 aliphatic carbocycles. The Bertz CT molecular complexity index is 365. The van der Waals surface area contributed by atoms with Crippen molar-refractivity contribution in [3.63, 3.8) is 0 Å². The minimum absolute atomic E-state index is 0.527. The molecule has 17 heavy (non-hydrogen) atoms. The average molecular weight is 254 g/mol. The highest BCUT2D eigenvalue weighted by Gasteiger charge is 2.29. The lowest BCUT2D eigenvalue weighted by molar-refractivity contribution is 0.145. The second-order valence-electron chi connectivity index (χ2n) is 5.11. The largest absolute Gasteiger partial charge is 0.357 e. The van der Waals surface area contributed by atoms with E-state index < -0.39 is 0 Å². The SMILES string of the molecule is CCc1nnc(NC2CC(C)N(C)CC2C)s1. The maximum atomic E-state index is 4.20. The van der Waals surface area contributed by atoms with Gasteiger partial charge in [-0.1, -0.05) is 25.2 Å². The first-order valence-electron chi connectivity index (χ1n) is 6.39. The Balaban J connectivity index is 1.98. The van der Waals surface area contributed by atoms with Crippen LogP contribution in [0, 0.1) is 5.92 Å². The molecule has 0 radical (unpaired) electrons. The summed E-state index contributed by atoms with van der Waals surface area (Å²) in [7, 11) is 2.21. The third kappa shape index (κ3) is 2.96. The smallest absolute Gasteiger partial charge is 0.205 e. The van der Waals surface area contributed by atoms with E-state index in [2.05, 4.69) is 48.2 Å². The number of hydrogen-bond acceptors (Lipinski definition) is 5. The molecular formula is C12H22N4S. The number of anilines is 1. The molecule has 0 aromatic carbocycles. The van der Waals surface area contributed by atoms with Gasteiger partial charge < -0.3 is 10.2 Å². The zero-order valence-corrected chi connectivity index (χ0v) is 11.9. The van der Waals surface area contributed by atoms with Crippen molar-refractivity contribution in [3.8, 4) is 0 Å². The van der Waals surface area contributed by atoms with E-state index in [4.69, 9.17) is 0 Å². The van der Waals surface area contributed by atoms with Gasteiger partial charge in [0.2, 0.25) is 5.13 Å². The Labute approximate surface area is 107 Å². The molecule has 1 saturated heterocycles. The third-order valence-electron chi connectivity index (χ3n) is 3.69.